The number of para-hydroxylation sites is 1. The molecule has 38 heavy (non-hydrogen) atoms. The molecule has 10 nitrogen and oxygen atoms in total. The lowest BCUT2D eigenvalue weighted by molar-refractivity contribution is 0.0979. The molecule has 4 aromatic rings. The van der Waals surface area contributed by atoms with Gasteiger partial charge in [0.15, 0.2) is 5.82 Å². The molecule has 0 spiro atoms. The molecule has 1 atom stereocenters. The molecule has 2 aromatic heterocycles. The Bertz CT molecular complexity index is 1430. The number of methoxy groups -OCH3 is 2. The van der Waals surface area contributed by atoms with E-state index in [1.54, 1.807) is 18.9 Å². The van der Waals surface area contributed by atoms with Crippen molar-refractivity contribution in [2.75, 3.05) is 47.0 Å². The van der Waals surface area contributed by atoms with E-state index in [-0.39, 0.29) is 11.6 Å². The predicted molar refractivity (Wildman–Crippen MR) is 145 cm³/mol. The molecule has 200 valence electrons. The van der Waals surface area contributed by atoms with Crippen molar-refractivity contribution >= 4 is 10.9 Å². The largest absolute Gasteiger partial charge is 0.496 e. The summed E-state index contributed by atoms with van der Waals surface area (Å²) in [6, 6.07) is 15.9. The van der Waals surface area contributed by atoms with Gasteiger partial charge in [-0.25, -0.2) is 4.68 Å². The van der Waals surface area contributed by atoms with Crippen molar-refractivity contribution < 1.29 is 9.47 Å². The van der Waals surface area contributed by atoms with E-state index in [0.717, 1.165) is 55.8 Å². The molecule has 1 saturated heterocycles. The third-order valence-electron chi connectivity index (χ3n) is 7.31. The molecule has 1 N–H and O–H groups in total. The van der Waals surface area contributed by atoms with Gasteiger partial charge in [-0.1, -0.05) is 31.2 Å². The zero-order valence-electron chi connectivity index (χ0n) is 22.3. The first-order valence-electron chi connectivity index (χ1n) is 13.1. The second kappa shape index (κ2) is 11.8. The number of ether oxygens (including phenoxy) is 2. The summed E-state index contributed by atoms with van der Waals surface area (Å²) in [6.45, 7) is 7.15. The van der Waals surface area contributed by atoms with E-state index in [4.69, 9.17) is 9.47 Å². The highest BCUT2D eigenvalue weighted by Crippen LogP contribution is 2.29. The molecule has 0 aliphatic carbocycles. The second-order valence-corrected chi connectivity index (χ2v) is 9.61. The van der Waals surface area contributed by atoms with Crippen molar-refractivity contribution in [2.45, 2.75) is 32.5 Å². The van der Waals surface area contributed by atoms with E-state index in [1.807, 2.05) is 30.3 Å². The molecule has 1 fully saturated rings. The summed E-state index contributed by atoms with van der Waals surface area (Å²) in [7, 11) is 3.36. The number of hydrogen-bond acceptors (Lipinski definition) is 8. The standard InChI is InChI=1S/C28H35N7O3/c1-4-20-9-10-24-22(17-20)18-23(28(36)29-24)26(27-30-31-32-35(27)15-16-37-2)34-13-11-33(12-14-34)19-21-7-5-6-8-25(21)38-3/h5-10,17-18,26H,4,11-16,19H2,1-3H3,(H,29,36)/t26-/m1/s1. The average molecular weight is 518 g/mol. The summed E-state index contributed by atoms with van der Waals surface area (Å²) in [5.41, 5.74) is 3.75. The van der Waals surface area contributed by atoms with Crippen LogP contribution < -0.4 is 10.3 Å². The lowest BCUT2D eigenvalue weighted by Crippen LogP contribution is -2.48. The smallest absolute Gasteiger partial charge is 0.253 e. The number of tetrazole rings is 1. The quantitative estimate of drug-likeness (QED) is 0.343. The van der Waals surface area contributed by atoms with Gasteiger partial charge >= 0.3 is 0 Å². The van der Waals surface area contributed by atoms with E-state index in [0.29, 0.717) is 24.5 Å². The number of piperazine rings is 1. The summed E-state index contributed by atoms with van der Waals surface area (Å²) in [5, 5.41) is 13.6. The Hall–Kier alpha value is -3.60. The summed E-state index contributed by atoms with van der Waals surface area (Å²) in [4.78, 5) is 21.3. The van der Waals surface area contributed by atoms with E-state index in [1.165, 1.54) is 11.1 Å². The molecule has 0 bridgehead atoms. The van der Waals surface area contributed by atoms with Crippen LogP contribution in [0.1, 0.15) is 35.5 Å². The zero-order valence-corrected chi connectivity index (χ0v) is 22.3. The maximum atomic E-state index is 13.5. The van der Waals surface area contributed by atoms with Crippen LogP contribution in [0.15, 0.2) is 53.3 Å². The summed E-state index contributed by atoms with van der Waals surface area (Å²) < 4.78 is 12.6. The number of pyridine rings is 1. The molecular weight excluding hydrogens is 482 g/mol. The Balaban J connectivity index is 1.46. The van der Waals surface area contributed by atoms with Crippen molar-refractivity contribution in [3.05, 3.63) is 81.4 Å². The van der Waals surface area contributed by atoms with Crippen molar-refractivity contribution in [1.82, 2.24) is 35.0 Å². The zero-order chi connectivity index (χ0) is 26.5. The Kier molecular flexibility index (Phi) is 8.11. The van der Waals surface area contributed by atoms with Gasteiger partial charge in [-0.05, 0) is 52.1 Å². The summed E-state index contributed by atoms with van der Waals surface area (Å²) in [6.07, 6.45) is 0.928. The van der Waals surface area contributed by atoms with Gasteiger partial charge in [0.1, 0.15) is 11.8 Å². The minimum Gasteiger partial charge on any atom is -0.496 e. The van der Waals surface area contributed by atoms with Crippen LogP contribution in [0.3, 0.4) is 0 Å². The highest BCUT2D eigenvalue weighted by Gasteiger charge is 2.32. The molecule has 3 heterocycles. The van der Waals surface area contributed by atoms with Crippen molar-refractivity contribution in [3.63, 3.8) is 0 Å². The molecule has 1 aliphatic heterocycles. The first-order chi connectivity index (χ1) is 18.6. The lowest BCUT2D eigenvalue weighted by atomic mass is 10.0. The van der Waals surface area contributed by atoms with Crippen LogP contribution in [0.2, 0.25) is 0 Å². The second-order valence-electron chi connectivity index (χ2n) is 9.61. The van der Waals surface area contributed by atoms with E-state index < -0.39 is 0 Å². The van der Waals surface area contributed by atoms with Crippen LogP contribution in [0.25, 0.3) is 10.9 Å². The van der Waals surface area contributed by atoms with Crippen LogP contribution >= 0.6 is 0 Å². The molecular formula is C28H35N7O3. The number of aryl methyl sites for hydroxylation is 1. The minimum absolute atomic E-state index is 0.121. The number of nitrogens with zero attached hydrogens (tertiary/aromatic N) is 6. The van der Waals surface area contributed by atoms with Crippen molar-refractivity contribution in [2.24, 2.45) is 0 Å². The van der Waals surface area contributed by atoms with Gasteiger partial charge in [-0.3, -0.25) is 14.6 Å². The van der Waals surface area contributed by atoms with Gasteiger partial charge in [0.2, 0.25) is 0 Å². The van der Waals surface area contributed by atoms with Crippen LogP contribution in [0.4, 0.5) is 0 Å². The maximum Gasteiger partial charge on any atom is 0.253 e. The first-order valence-corrected chi connectivity index (χ1v) is 13.1. The number of H-pyrrole nitrogens is 1. The molecule has 0 radical (unpaired) electrons. The lowest BCUT2D eigenvalue weighted by Gasteiger charge is -2.38. The van der Waals surface area contributed by atoms with Gasteiger partial charge in [0.05, 0.1) is 20.3 Å². The number of rotatable bonds is 10. The molecule has 0 saturated carbocycles. The fourth-order valence-electron chi connectivity index (χ4n) is 5.19. The molecule has 0 unspecified atom stereocenters. The number of aromatic nitrogens is 5. The van der Waals surface area contributed by atoms with Gasteiger partial charge < -0.3 is 14.5 Å². The molecule has 0 amide bonds. The topological polar surface area (TPSA) is 101 Å². The highest BCUT2D eigenvalue weighted by atomic mass is 16.5. The fourth-order valence-corrected chi connectivity index (χ4v) is 5.19. The van der Waals surface area contributed by atoms with Gasteiger partial charge in [-0.15, -0.1) is 5.10 Å². The van der Waals surface area contributed by atoms with Crippen molar-refractivity contribution in [1.29, 1.82) is 0 Å². The predicted octanol–water partition coefficient (Wildman–Crippen LogP) is 2.64. The Labute approximate surface area is 222 Å². The highest BCUT2D eigenvalue weighted by molar-refractivity contribution is 5.80. The molecule has 1 aliphatic rings. The summed E-state index contributed by atoms with van der Waals surface area (Å²) in [5.74, 6) is 1.55. The summed E-state index contributed by atoms with van der Waals surface area (Å²) >= 11 is 0. The van der Waals surface area contributed by atoms with Crippen LogP contribution in [0.5, 0.6) is 5.75 Å². The monoisotopic (exact) mass is 517 g/mol. The van der Waals surface area contributed by atoms with E-state index >= 15 is 0 Å². The Morgan fingerprint density at radius 1 is 1.05 bits per heavy atom. The fraction of sp³-hybridized carbons (Fsp3) is 0.429. The normalized spacial score (nSPS) is 15.7. The molecule has 2 aromatic carbocycles. The van der Waals surface area contributed by atoms with Crippen LogP contribution in [0, 0.1) is 0 Å². The molecule has 5 rings (SSSR count). The van der Waals surface area contributed by atoms with Crippen molar-refractivity contribution in [3.8, 4) is 5.75 Å². The van der Waals surface area contributed by atoms with E-state index in [9.17, 15) is 4.79 Å². The van der Waals surface area contributed by atoms with E-state index in [2.05, 4.69) is 55.4 Å². The van der Waals surface area contributed by atoms with Crippen LogP contribution in [-0.4, -0.2) is 82.0 Å². The van der Waals surface area contributed by atoms with Gasteiger partial charge in [-0.2, -0.15) is 0 Å². The molecule has 10 heteroatoms. The number of aromatic amines is 1. The maximum absolute atomic E-state index is 13.5. The average Bonchev–Trinajstić information content (AvgIpc) is 3.41. The van der Waals surface area contributed by atoms with Gasteiger partial charge in [0, 0.05) is 56.5 Å². The number of benzene rings is 2. The third kappa shape index (κ3) is 5.47. The third-order valence-corrected chi connectivity index (χ3v) is 7.31. The minimum atomic E-state index is -0.381. The van der Waals surface area contributed by atoms with Gasteiger partial charge in [0.25, 0.3) is 5.56 Å². The first kappa shape index (κ1) is 26.0. The number of nitrogens with one attached hydrogen (secondary N) is 1. The SMILES string of the molecule is CCc1ccc2[nH]c(=O)c([C@H](c3nnnn3CCOC)N3CCN(Cc4ccccc4OC)CC3)cc2c1. The number of hydrogen-bond donors (Lipinski definition) is 1. The Morgan fingerprint density at radius 2 is 1.87 bits per heavy atom. The number of fused-ring (bicyclic) bond motifs is 1. The van der Waals surface area contributed by atoms with Crippen LogP contribution in [-0.2, 0) is 24.2 Å². The Morgan fingerprint density at radius 3 is 2.63 bits per heavy atom.